The molecule has 1 N–H and O–H groups in total. The molecule has 1 heterocycles. The normalized spacial score (nSPS) is 13.0. The van der Waals surface area contributed by atoms with Gasteiger partial charge in [0.1, 0.15) is 0 Å². The van der Waals surface area contributed by atoms with Crippen molar-refractivity contribution < 1.29 is 14.4 Å². The molecule has 0 fully saturated rings. The maximum absolute atomic E-state index is 12.5. The second kappa shape index (κ2) is 10.1. The van der Waals surface area contributed by atoms with Crippen LogP contribution in [0.3, 0.4) is 0 Å². The molecule has 0 unspecified atom stereocenters. The summed E-state index contributed by atoms with van der Waals surface area (Å²) in [7, 11) is 3.35. The Morgan fingerprint density at radius 1 is 1.03 bits per heavy atom. The average Bonchev–Trinajstić information content (AvgIpc) is 3.24. The van der Waals surface area contributed by atoms with Crippen LogP contribution in [-0.2, 0) is 9.59 Å². The van der Waals surface area contributed by atoms with Crippen LogP contribution in [0.25, 0.3) is 0 Å². The lowest BCUT2D eigenvalue weighted by Gasteiger charge is -2.14. The molecule has 1 aliphatic heterocycles. The minimum Gasteiger partial charge on any atom is -0.339 e. The number of benzene rings is 2. The zero-order valence-electron chi connectivity index (χ0n) is 17.0. The number of carbonyl (C=O) groups excluding carboxylic acids is 3. The maximum atomic E-state index is 12.5. The van der Waals surface area contributed by atoms with Crippen LogP contribution in [0.2, 0.25) is 0 Å². The number of hydrogen-bond acceptors (Lipinski definition) is 5. The van der Waals surface area contributed by atoms with Gasteiger partial charge in [0, 0.05) is 38.3 Å². The van der Waals surface area contributed by atoms with Crippen LogP contribution in [0.5, 0.6) is 0 Å². The lowest BCUT2D eigenvalue weighted by Crippen LogP contribution is -2.25. The molecular weight excluding hydrogens is 400 g/mol. The molecule has 1 aliphatic rings. The van der Waals surface area contributed by atoms with E-state index in [0.29, 0.717) is 23.5 Å². The Morgan fingerprint density at radius 2 is 1.73 bits per heavy atom. The molecule has 0 atom stereocenters. The Morgan fingerprint density at radius 3 is 2.47 bits per heavy atom. The molecule has 8 heteroatoms. The van der Waals surface area contributed by atoms with Crippen LogP contribution < -0.4 is 5.32 Å². The molecule has 0 aromatic heterocycles. The number of carbonyl (C=O) groups is 3. The van der Waals surface area contributed by atoms with E-state index in [0.717, 1.165) is 23.0 Å². The molecule has 0 aliphatic carbocycles. The molecule has 0 bridgehead atoms. The molecule has 0 saturated carbocycles. The molecule has 156 valence electrons. The van der Waals surface area contributed by atoms with Gasteiger partial charge in [-0.05, 0) is 29.5 Å². The van der Waals surface area contributed by atoms with E-state index < -0.39 is 0 Å². The molecule has 2 aromatic rings. The van der Waals surface area contributed by atoms with Crippen LogP contribution in [0, 0.1) is 0 Å². The number of amides is 3. The number of rotatable bonds is 6. The summed E-state index contributed by atoms with van der Waals surface area (Å²) in [6.07, 6.45) is 0.821. The zero-order valence-corrected chi connectivity index (χ0v) is 17.8. The van der Waals surface area contributed by atoms with Gasteiger partial charge >= 0.3 is 0 Å². The molecule has 3 rings (SSSR count). The Kier molecular flexibility index (Phi) is 7.24. The first kappa shape index (κ1) is 21.6. The number of nitrogens with one attached hydrogen (secondary N) is 1. The van der Waals surface area contributed by atoms with Crippen molar-refractivity contribution in [3.8, 4) is 0 Å². The third kappa shape index (κ3) is 5.70. The van der Waals surface area contributed by atoms with E-state index in [1.807, 2.05) is 30.3 Å². The van der Waals surface area contributed by atoms with Gasteiger partial charge in [0.05, 0.1) is 17.9 Å². The predicted octanol–water partition coefficient (Wildman–Crippen LogP) is 3.82. The van der Waals surface area contributed by atoms with E-state index in [2.05, 4.69) is 10.4 Å². The summed E-state index contributed by atoms with van der Waals surface area (Å²) in [6, 6.07) is 16.9. The number of nitrogens with zero attached hydrogens (tertiary/aromatic N) is 3. The largest absolute Gasteiger partial charge is 0.339 e. The zero-order chi connectivity index (χ0) is 21.5. The van der Waals surface area contributed by atoms with E-state index in [4.69, 9.17) is 0 Å². The van der Waals surface area contributed by atoms with Crippen molar-refractivity contribution in [2.45, 2.75) is 24.2 Å². The van der Waals surface area contributed by atoms with Crippen molar-refractivity contribution in [1.29, 1.82) is 0 Å². The van der Waals surface area contributed by atoms with E-state index in [9.17, 15) is 14.4 Å². The first-order chi connectivity index (χ1) is 14.4. The van der Waals surface area contributed by atoms with Crippen LogP contribution in [0.1, 0.15) is 24.8 Å². The first-order valence-electron chi connectivity index (χ1n) is 9.65. The topological polar surface area (TPSA) is 82.1 Å². The lowest BCUT2D eigenvalue weighted by molar-refractivity contribution is -0.132. The minimum absolute atomic E-state index is 0.0478. The highest BCUT2D eigenvalue weighted by molar-refractivity contribution is 8.13. The Hall–Kier alpha value is -3.13. The molecule has 2 aromatic carbocycles. The summed E-state index contributed by atoms with van der Waals surface area (Å²) >= 11 is 1.04. The predicted molar refractivity (Wildman–Crippen MR) is 119 cm³/mol. The van der Waals surface area contributed by atoms with Crippen LogP contribution in [-0.4, -0.2) is 53.3 Å². The van der Waals surface area contributed by atoms with Crippen molar-refractivity contribution in [1.82, 2.24) is 9.91 Å². The van der Waals surface area contributed by atoms with Crippen molar-refractivity contribution in [3.05, 3.63) is 60.2 Å². The highest BCUT2D eigenvalue weighted by Crippen LogP contribution is 2.28. The van der Waals surface area contributed by atoms with E-state index in [1.165, 1.54) is 9.91 Å². The summed E-state index contributed by atoms with van der Waals surface area (Å²) in [4.78, 5) is 38.9. The Balaban J connectivity index is 1.54. The van der Waals surface area contributed by atoms with Gasteiger partial charge in [0.15, 0.2) is 0 Å². The van der Waals surface area contributed by atoms with Crippen molar-refractivity contribution in [3.63, 3.8) is 0 Å². The smallest absolute Gasteiger partial charge is 0.286 e. The van der Waals surface area contributed by atoms with Gasteiger partial charge in [-0.1, -0.05) is 42.5 Å². The minimum atomic E-state index is -0.278. The first-order valence-corrected chi connectivity index (χ1v) is 10.5. The second-order valence-corrected chi connectivity index (χ2v) is 7.98. The number of hydrogen-bond donors (Lipinski definition) is 1. The molecule has 30 heavy (non-hydrogen) atoms. The van der Waals surface area contributed by atoms with Gasteiger partial charge in [-0.15, -0.1) is 0 Å². The fraction of sp³-hybridized carbons (Fsp3) is 0.273. The van der Waals surface area contributed by atoms with Crippen molar-refractivity contribution in [2.24, 2.45) is 5.10 Å². The van der Waals surface area contributed by atoms with Gasteiger partial charge in [-0.25, -0.2) is 5.01 Å². The van der Waals surface area contributed by atoms with E-state index in [-0.39, 0.29) is 29.9 Å². The summed E-state index contributed by atoms with van der Waals surface area (Å²) < 4.78 is 0. The second-order valence-electron chi connectivity index (χ2n) is 6.99. The van der Waals surface area contributed by atoms with Crippen LogP contribution in [0.4, 0.5) is 10.5 Å². The Bertz CT molecular complexity index is 960. The van der Waals surface area contributed by atoms with Crippen molar-refractivity contribution in [2.75, 3.05) is 26.0 Å². The standard InChI is InChI=1S/C22H24N4O3S/c1-25(2)22(29)30-19-11-7-6-10-18(19)23-20(27)12-13-21(28)26-15-14-17(24-26)16-8-4-3-5-9-16/h3-11H,12-15H2,1-2H3,(H,23,27). The fourth-order valence-electron chi connectivity index (χ4n) is 2.88. The summed E-state index contributed by atoms with van der Waals surface area (Å²) in [5.74, 6) is -0.457. The lowest BCUT2D eigenvalue weighted by atomic mass is 10.1. The van der Waals surface area contributed by atoms with Gasteiger partial charge in [-0.3, -0.25) is 14.4 Å². The molecule has 0 saturated heterocycles. The Labute approximate surface area is 180 Å². The number of hydrazone groups is 1. The third-order valence-corrected chi connectivity index (χ3v) is 5.60. The van der Waals surface area contributed by atoms with Crippen molar-refractivity contribution >= 4 is 40.2 Å². The van der Waals surface area contributed by atoms with Gasteiger partial charge < -0.3 is 10.2 Å². The summed E-state index contributed by atoms with van der Waals surface area (Å²) in [5.41, 5.74) is 2.44. The molecule has 7 nitrogen and oxygen atoms in total. The summed E-state index contributed by atoms with van der Waals surface area (Å²) in [5, 5.41) is 8.51. The van der Waals surface area contributed by atoms with Gasteiger partial charge in [-0.2, -0.15) is 5.10 Å². The third-order valence-electron chi connectivity index (χ3n) is 4.49. The number of para-hydroxylation sites is 1. The van der Waals surface area contributed by atoms with E-state index in [1.54, 1.807) is 38.4 Å². The highest BCUT2D eigenvalue weighted by Gasteiger charge is 2.22. The molecule has 3 amide bonds. The number of thioether (sulfide) groups is 1. The molecular formula is C22H24N4O3S. The van der Waals surface area contributed by atoms with Crippen LogP contribution in [0.15, 0.2) is 64.6 Å². The maximum Gasteiger partial charge on any atom is 0.286 e. The molecule has 0 radical (unpaired) electrons. The van der Waals surface area contributed by atoms with Gasteiger partial charge in [0.2, 0.25) is 11.8 Å². The highest BCUT2D eigenvalue weighted by atomic mass is 32.2. The SMILES string of the molecule is CN(C)C(=O)Sc1ccccc1NC(=O)CCC(=O)N1CCC(c2ccccc2)=N1. The van der Waals surface area contributed by atoms with E-state index >= 15 is 0 Å². The monoisotopic (exact) mass is 424 g/mol. The molecule has 0 spiro atoms. The van der Waals surface area contributed by atoms with Gasteiger partial charge in [0.25, 0.3) is 5.24 Å². The number of anilines is 1. The quantitative estimate of drug-likeness (QED) is 0.715. The van der Waals surface area contributed by atoms with Crippen LogP contribution >= 0.6 is 11.8 Å². The average molecular weight is 425 g/mol. The fourth-order valence-corrected chi connectivity index (χ4v) is 3.62. The summed E-state index contributed by atoms with van der Waals surface area (Å²) in [6.45, 7) is 0.525.